The SMILES string of the molecule is Cc1ccccc1NC(=NC1CC1)NN. The maximum atomic E-state index is 5.40. The summed E-state index contributed by atoms with van der Waals surface area (Å²) in [6, 6.07) is 8.50. The maximum Gasteiger partial charge on any atom is 0.210 e. The van der Waals surface area contributed by atoms with Crippen molar-refractivity contribution in [3.63, 3.8) is 0 Å². The fourth-order valence-electron chi connectivity index (χ4n) is 1.33. The Kier molecular flexibility index (Phi) is 2.87. The highest BCUT2D eigenvalue weighted by Crippen LogP contribution is 2.23. The molecule has 1 fully saturated rings. The first kappa shape index (κ1) is 9.98. The lowest BCUT2D eigenvalue weighted by molar-refractivity contribution is 0.965. The van der Waals surface area contributed by atoms with Crippen LogP contribution in [0.4, 0.5) is 5.69 Å². The molecule has 80 valence electrons. The Balaban J connectivity index is 2.09. The van der Waals surface area contributed by atoms with Crippen LogP contribution in [0.1, 0.15) is 18.4 Å². The van der Waals surface area contributed by atoms with Gasteiger partial charge >= 0.3 is 0 Å². The van der Waals surface area contributed by atoms with Crippen LogP contribution in [0.2, 0.25) is 0 Å². The Labute approximate surface area is 89.6 Å². The summed E-state index contributed by atoms with van der Waals surface area (Å²) < 4.78 is 0. The summed E-state index contributed by atoms with van der Waals surface area (Å²) in [5.74, 6) is 6.05. The van der Waals surface area contributed by atoms with Crippen molar-refractivity contribution in [3.05, 3.63) is 29.8 Å². The van der Waals surface area contributed by atoms with Crippen LogP contribution in [-0.2, 0) is 0 Å². The van der Waals surface area contributed by atoms with Crippen molar-refractivity contribution in [2.24, 2.45) is 10.8 Å². The lowest BCUT2D eigenvalue weighted by Crippen LogP contribution is -2.36. The summed E-state index contributed by atoms with van der Waals surface area (Å²) in [6.07, 6.45) is 2.33. The van der Waals surface area contributed by atoms with Crippen LogP contribution in [0, 0.1) is 6.92 Å². The molecule has 0 radical (unpaired) electrons. The first-order chi connectivity index (χ1) is 7.29. The van der Waals surface area contributed by atoms with E-state index < -0.39 is 0 Å². The predicted octanol–water partition coefficient (Wildman–Crippen LogP) is 1.39. The molecule has 4 heteroatoms. The number of nitrogens with zero attached hydrogens (tertiary/aromatic N) is 1. The number of hydrogen-bond acceptors (Lipinski definition) is 2. The van der Waals surface area contributed by atoms with Gasteiger partial charge < -0.3 is 5.32 Å². The second-order valence-corrected chi connectivity index (χ2v) is 3.79. The van der Waals surface area contributed by atoms with Crippen LogP contribution < -0.4 is 16.6 Å². The molecule has 0 bridgehead atoms. The molecule has 15 heavy (non-hydrogen) atoms. The van der Waals surface area contributed by atoms with Gasteiger partial charge in [0.1, 0.15) is 0 Å². The number of para-hydroxylation sites is 1. The lowest BCUT2D eigenvalue weighted by Gasteiger charge is -2.10. The number of benzene rings is 1. The van der Waals surface area contributed by atoms with Gasteiger partial charge in [-0.3, -0.25) is 5.43 Å². The van der Waals surface area contributed by atoms with Crippen LogP contribution in [0.5, 0.6) is 0 Å². The van der Waals surface area contributed by atoms with Crippen molar-refractivity contribution >= 4 is 11.6 Å². The molecule has 4 N–H and O–H groups in total. The molecule has 0 atom stereocenters. The number of guanidine groups is 1. The number of aryl methyl sites for hydroxylation is 1. The Morgan fingerprint density at radius 3 is 2.73 bits per heavy atom. The number of hydrogen-bond donors (Lipinski definition) is 3. The van der Waals surface area contributed by atoms with Crippen molar-refractivity contribution in [2.45, 2.75) is 25.8 Å². The van der Waals surface area contributed by atoms with E-state index in [2.05, 4.69) is 15.7 Å². The fourth-order valence-corrected chi connectivity index (χ4v) is 1.33. The summed E-state index contributed by atoms with van der Waals surface area (Å²) >= 11 is 0. The molecule has 1 aromatic rings. The quantitative estimate of drug-likeness (QED) is 0.295. The average molecular weight is 204 g/mol. The van der Waals surface area contributed by atoms with Crippen LogP contribution >= 0.6 is 0 Å². The van der Waals surface area contributed by atoms with E-state index in [1.165, 1.54) is 18.4 Å². The number of nitrogens with one attached hydrogen (secondary N) is 2. The van der Waals surface area contributed by atoms with Gasteiger partial charge in [-0.1, -0.05) is 18.2 Å². The van der Waals surface area contributed by atoms with Crippen molar-refractivity contribution in [2.75, 3.05) is 5.32 Å². The first-order valence-electron chi connectivity index (χ1n) is 5.16. The van der Waals surface area contributed by atoms with Gasteiger partial charge in [-0.05, 0) is 31.4 Å². The molecule has 1 aliphatic carbocycles. The van der Waals surface area contributed by atoms with E-state index in [-0.39, 0.29) is 0 Å². The first-order valence-corrected chi connectivity index (χ1v) is 5.16. The minimum Gasteiger partial charge on any atom is -0.325 e. The molecule has 0 spiro atoms. The summed E-state index contributed by atoms with van der Waals surface area (Å²) in [7, 11) is 0. The van der Waals surface area contributed by atoms with Crippen LogP contribution in [0.25, 0.3) is 0 Å². The van der Waals surface area contributed by atoms with Crippen molar-refractivity contribution in [3.8, 4) is 0 Å². The third-order valence-corrected chi connectivity index (χ3v) is 2.39. The van der Waals surface area contributed by atoms with Gasteiger partial charge in [0, 0.05) is 5.69 Å². The summed E-state index contributed by atoms with van der Waals surface area (Å²) in [6.45, 7) is 2.05. The smallest absolute Gasteiger partial charge is 0.210 e. The van der Waals surface area contributed by atoms with E-state index in [1.54, 1.807) is 0 Å². The molecule has 0 unspecified atom stereocenters. The number of anilines is 1. The average Bonchev–Trinajstić information content (AvgIpc) is 3.04. The second-order valence-electron chi connectivity index (χ2n) is 3.79. The standard InChI is InChI=1S/C11H16N4/c1-8-4-2-3-5-10(8)14-11(15-12)13-9-6-7-9/h2-5,9H,6-7,12H2,1H3,(H2,13,14,15). The van der Waals surface area contributed by atoms with Gasteiger partial charge in [0.25, 0.3) is 0 Å². The molecule has 2 rings (SSSR count). The van der Waals surface area contributed by atoms with Gasteiger partial charge in [0.2, 0.25) is 5.96 Å². The molecule has 0 amide bonds. The summed E-state index contributed by atoms with van der Waals surface area (Å²) in [5.41, 5.74) is 4.80. The third kappa shape index (κ3) is 2.70. The molecule has 0 aliphatic heterocycles. The van der Waals surface area contributed by atoms with Gasteiger partial charge in [-0.15, -0.1) is 0 Å². The molecule has 1 aromatic carbocycles. The zero-order valence-electron chi connectivity index (χ0n) is 8.83. The lowest BCUT2D eigenvalue weighted by atomic mass is 10.2. The highest BCUT2D eigenvalue weighted by molar-refractivity contribution is 5.94. The fraction of sp³-hybridized carbons (Fsp3) is 0.364. The number of nitrogens with two attached hydrogens (primary N) is 1. The molecular formula is C11H16N4. The highest BCUT2D eigenvalue weighted by atomic mass is 15.3. The van der Waals surface area contributed by atoms with E-state index in [1.807, 2.05) is 31.2 Å². The van der Waals surface area contributed by atoms with E-state index in [0.29, 0.717) is 12.0 Å². The number of hydrazine groups is 1. The Morgan fingerprint density at radius 2 is 2.13 bits per heavy atom. The summed E-state index contributed by atoms with van der Waals surface area (Å²) in [5, 5.41) is 3.18. The third-order valence-electron chi connectivity index (χ3n) is 2.39. The Morgan fingerprint density at radius 1 is 1.40 bits per heavy atom. The Hall–Kier alpha value is -1.55. The molecule has 1 saturated carbocycles. The van der Waals surface area contributed by atoms with Crippen LogP contribution in [-0.4, -0.2) is 12.0 Å². The molecule has 0 aromatic heterocycles. The molecular weight excluding hydrogens is 188 g/mol. The molecule has 0 heterocycles. The predicted molar refractivity (Wildman–Crippen MR) is 62.6 cm³/mol. The number of rotatable bonds is 2. The van der Waals surface area contributed by atoms with Gasteiger partial charge in [0.15, 0.2) is 0 Å². The van der Waals surface area contributed by atoms with E-state index in [0.717, 1.165) is 5.69 Å². The normalized spacial score (nSPS) is 16.3. The van der Waals surface area contributed by atoms with Crippen LogP contribution in [0.3, 0.4) is 0 Å². The minimum atomic E-state index is 0.451. The van der Waals surface area contributed by atoms with Gasteiger partial charge in [0.05, 0.1) is 6.04 Å². The topological polar surface area (TPSA) is 62.4 Å². The minimum absolute atomic E-state index is 0.451. The van der Waals surface area contributed by atoms with Crippen molar-refractivity contribution < 1.29 is 0 Å². The molecule has 0 saturated heterocycles. The monoisotopic (exact) mass is 204 g/mol. The Bertz CT molecular complexity index is 369. The number of aliphatic imine (C=N–C) groups is 1. The summed E-state index contributed by atoms with van der Waals surface area (Å²) in [4.78, 5) is 4.41. The largest absolute Gasteiger partial charge is 0.325 e. The maximum absolute atomic E-state index is 5.40. The van der Waals surface area contributed by atoms with Crippen LogP contribution in [0.15, 0.2) is 29.3 Å². The second kappa shape index (κ2) is 4.31. The van der Waals surface area contributed by atoms with E-state index in [4.69, 9.17) is 5.84 Å². The highest BCUT2D eigenvalue weighted by Gasteiger charge is 2.21. The molecule has 4 nitrogen and oxygen atoms in total. The van der Waals surface area contributed by atoms with Gasteiger partial charge in [-0.25, -0.2) is 10.8 Å². The van der Waals surface area contributed by atoms with Gasteiger partial charge in [-0.2, -0.15) is 0 Å². The van der Waals surface area contributed by atoms with Crippen molar-refractivity contribution in [1.82, 2.24) is 5.43 Å². The van der Waals surface area contributed by atoms with E-state index >= 15 is 0 Å². The van der Waals surface area contributed by atoms with Crippen molar-refractivity contribution in [1.29, 1.82) is 0 Å². The van der Waals surface area contributed by atoms with E-state index in [9.17, 15) is 0 Å². The zero-order chi connectivity index (χ0) is 10.7. The zero-order valence-corrected chi connectivity index (χ0v) is 8.83. The molecule has 1 aliphatic rings.